The fourth-order valence-electron chi connectivity index (χ4n) is 2.66. The lowest BCUT2D eigenvalue weighted by Crippen LogP contribution is -2.36. The lowest BCUT2D eigenvalue weighted by molar-refractivity contribution is -0.0780. The number of hydrogen-bond donors (Lipinski definition) is 1. The molecule has 0 radical (unpaired) electrons. The Morgan fingerprint density at radius 1 is 1.35 bits per heavy atom. The number of aromatic nitrogens is 1. The van der Waals surface area contributed by atoms with Crippen molar-refractivity contribution in [2.45, 2.75) is 37.3 Å². The minimum Gasteiger partial charge on any atom is -0.371 e. The zero-order valence-corrected chi connectivity index (χ0v) is 12.5. The Morgan fingerprint density at radius 2 is 2.10 bits per heavy atom. The zero-order chi connectivity index (χ0) is 14.0. The summed E-state index contributed by atoms with van der Waals surface area (Å²) in [6.45, 7) is 0. The van der Waals surface area contributed by atoms with Gasteiger partial charge in [-0.1, -0.05) is 30.3 Å². The third-order valence-electron chi connectivity index (χ3n) is 4.15. The molecule has 1 unspecified atom stereocenters. The first-order valence-corrected chi connectivity index (χ1v) is 7.92. The quantitative estimate of drug-likeness (QED) is 0.917. The molecule has 2 aromatic rings. The number of thiazole rings is 1. The fourth-order valence-corrected chi connectivity index (χ4v) is 3.73. The number of ether oxygens (including phenoxy) is 1. The summed E-state index contributed by atoms with van der Waals surface area (Å²) in [5.74, 6) is 0. The molecule has 1 aromatic carbocycles. The predicted octanol–water partition coefficient (Wildman–Crippen LogP) is 3.41. The molecule has 106 valence electrons. The molecule has 1 aliphatic carbocycles. The summed E-state index contributed by atoms with van der Waals surface area (Å²) < 4.78 is 5.68. The predicted molar refractivity (Wildman–Crippen MR) is 81.7 cm³/mol. The van der Waals surface area contributed by atoms with Crippen molar-refractivity contribution in [3.05, 3.63) is 52.0 Å². The van der Waals surface area contributed by atoms with Gasteiger partial charge in [0.25, 0.3) is 0 Å². The molecule has 0 aliphatic heterocycles. The van der Waals surface area contributed by atoms with Crippen molar-refractivity contribution < 1.29 is 4.74 Å². The van der Waals surface area contributed by atoms with Gasteiger partial charge < -0.3 is 10.5 Å². The zero-order valence-electron chi connectivity index (χ0n) is 11.7. The van der Waals surface area contributed by atoms with Crippen LogP contribution in [0.4, 0.5) is 0 Å². The third kappa shape index (κ3) is 2.51. The highest BCUT2D eigenvalue weighted by molar-refractivity contribution is 7.09. The van der Waals surface area contributed by atoms with Crippen LogP contribution in [0.3, 0.4) is 0 Å². The van der Waals surface area contributed by atoms with Crippen molar-refractivity contribution >= 4 is 11.3 Å². The average Bonchev–Trinajstić information content (AvgIpc) is 2.88. The summed E-state index contributed by atoms with van der Waals surface area (Å²) in [7, 11) is 1.79. The van der Waals surface area contributed by atoms with E-state index in [-0.39, 0.29) is 11.6 Å². The van der Waals surface area contributed by atoms with E-state index in [9.17, 15) is 0 Å². The second kappa shape index (κ2) is 5.64. The molecule has 1 heterocycles. The smallest absolute Gasteiger partial charge is 0.125 e. The van der Waals surface area contributed by atoms with Gasteiger partial charge in [-0.05, 0) is 24.8 Å². The van der Waals surface area contributed by atoms with E-state index in [0.717, 1.165) is 35.5 Å². The average molecular weight is 288 g/mol. The maximum Gasteiger partial charge on any atom is 0.125 e. The summed E-state index contributed by atoms with van der Waals surface area (Å²) >= 11 is 1.70. The largest absolute Gasteiger partial charge is 0.371 e. The SMILES string of the molecule is COC1(c2nc(CC(N)c3ccccc3)cs2)CCC1. The molecule has 0 bridgehead atoms. The molecule has 3 nitrogen and oxygen atoms in total. The van der Waals surface area contributed by atoms with E-state index >= 15 is 0 Å². The van der Waals surface area contributed by atoms with Gasteiger partial charge in [0, 0.05) is 25.0 Å². The van der Waals surface area contributed by atoms with Crippen LogP contribution in [-0.2, 0) is 16.8 Å². The topological polar surface area (TPSA) is 48.1 Å². The standard InChI is InChI=1S/C16H20N2OS/c1-19-16(8-5-9-16)15-18-13(11-20-15)10-14(17)12-6-3-2-4-7-12/h2-4,6-7,11,14H,5,8-10,17H2,1H3. The first-order chi connectivity index (χ1) is 9.73. The van der Waals surface area contributed by atoms with Crippen molar-refractivity contribution in [2.24, 2.45) is 5.73 Å². The van der Waals surface area contributed by atoms with Gasteiger partial charge in [-0.25, -0.2) is 4.98 Å². The van der Waals surface area contributed by atoms with Crippen LogP contribution in [0.15, 0.2) is 35.7 Å². The first kappa shape index (κ1) is 13.7. The van der Waals surface area contributed by atoms with Gasteiger partial charge in [0.05, 0.1) is 5.69 Å². The van der Waals surface area contributed by atoms with Crippen molar-refractivity contribution in [3.63, 3.8) is 0 Å². The number of nitrogens with two attached hydrogens (primary N) is 1. The van der Waals surface area contributed by atoms with Crippen LogP contribution in [0.1, 0.15) is 41.6 Å². The molecule has 1 saturated carbocycles. The van der Waals surface area contributed by atoms with Crippen LogP contribution in [0, 0.1) is 0 Å². The van der Waals surface area contributed by atoms with E-state index in [2.05, 4.69) is 17.5 Å². The third-order valence-corrected chi connectivity index (χ3v) is 5.23. The van der Waals surface area contributed by atoms with E-state index in [1.54, 1.807) is 18.4 Å². The summed E-state index contributed by atoms with van der Waals surface area (Å²) in [5, 5.41) is 3.23. The second-order valence-corrected chi connectivity index (χ2v) is 6.28. The molecule has 20 heavy (non-hydrogen) atoms. The molecule has 3 rings (SSSR count). The fraction of sp³-hybridized carbons (Fsp3) is 0.438. The normalized spacial score (nSPS) is 18.5. The summed E-state index contributed by atoms with van der Waals surface area (Å²) in [6, 6.07) is 10.2. The van der Waals surface area contributed by atoms with Gasteiger partial charge >= 0.3 is 0 Å². The van der Waals surface area contributed by atoms with Crippen molar-refractivity contribution in [1.82, 2.24) is 4.98 Å². The van der Waals surface area contributed by atoms with Crippen LogP contribution >= 0.6 is 11.3 Å². The van der Waals surface area contributed by atoms with Gasteiger partial charge in [0.1, 0.15) is 10.6 Å². The van der Waals surface area contributed by atoms with E-state index < -0.39 is 0 Å². The van der Waals surface area contributed by atoms with E-state index in [1.807, 2.05) is 18.2 Å². The molecular formula is C16H20N2OS. The number of nitrogens with zero attached hydrogens (tertiary/aromatic N) is 1. The Hall–Kier alpha value is -1.23. The molecule has 2 N–H and O–H groups in total. The maximum absolute atomic E-state index is 6.26. The molecule has 4 heteroatoms. The molecule has 1 atom stereocenters. The van der Waals surface area contributed by atoms with Gasteiger partial charge in [0.2, 0.25) is 0 Å². The van der Waals surface area contributed by atoms with Crippen LogP contribution < -0.4 is 5.73 Å². The molecular weight excluding hydrogens is 268 g/mol. The molecule has 1 aliphatic rings. The Kier molecular flexibility index (Phi) is 3.87. The Bertz CT molecular complexity index is 557. The van der Waals surface area contributed by atoms with Crippen LogP contribution in [-0.4, -0.2) is 12.1 Å². The summed E-state index contributed by atoms with van der Waals surface area (Å²) in [6.07, 6.45) is 4.18. The molecule has 0 saturated heterocycles. The van der Waals surface area contributed by atoms with Crippen molar-refractivity contribution in [1.29, 1.82) is 0 Å². The summed E-state index contributed by atoms with van der Waals surface area (Å²) in [5.41, 5.74) is 8.38. The Labute approximate surface area is 123 Å². The van der Waals surface area contributed by atoms with Gasteiger partial charge in [-0.2, -0.15) is 0 Å². The summed E-state index contributed by atoms with van der Waals surface area (Å²) in [4.78, 5) is 4.75. The Morgan fingerprint density at radius 3 is 2.70 bits per heavy atom. The molecule has 0 spiro atoms. The van der Waals surface area contributed by atoms with Crippen LogP contribution in [0.25, 0.3) is 0 Å². The number of hydrogen-bond acceptors (Lipinski definition) is 4. The van der Waals surface area contributed by atoms with Crippen LogP contribution in [0.2, 0.25) is 0 Å². The highest BCUT2D eigenvalue weighted by Gasteiger charge is 2.41. The minimum atomic E-state index is -0.111. The highest BCUT2D eigenvalue weighted by atomic mass is 32.1. The molecule has 1 fully saturated rings. The van der Waals surface area contributed by atoms with E-state index in [0.29, 0.717) is 0 Å². The Balaban J connectivity index is 1.71. The second-order valence-electron chi connectivity index (χ2n) is 5.42. The number of rotatable bonds is 5. The molecule has 0 amide bonds. The maximum atomic E-state index is 6.26. The van der Waals surface area contributed by atoms with Crippen molar-refractivity contribution in [2.75, 3.05) is 7.11 Å². The van der Waals surface area contributed by atoms with E-state index in [1.165, 1.54) is 6.42 Å². The minimum absolute atomic E-state index is 0.00559. The van der Waals surface area contributed by atoms with Gasteiger partial charge in [-0.3, -0.25) is 0 Å². The number of benzene rings is 1. The molecule has 1 aromatic heterocycles. The number of methoxy groups -OCH3 is 1. The monoisotopic (exact) mass is 288 g/mol. The lowest BCUT2D eigenvalue weighted by atomic mass is 9.80. The lowest BCUT2D eigenvalue weighted by Gasteiger charge is -2.38. The first-order valence-electron chi connectivity index (χ1n) is 7.04. The van der Waals surface area contributed by atoms with Crippen LogP contribution in [0.5, 0.6) is 0 Å². The van der Waals surface area contributed by atoms with Gasteiger partial charge in [0.15, 0.2) is 0 Å². The van der Waals surface area contributed by atoms with E-state index in [4.69, 9.17) is 15.5 Å². The van der Waals surface area contributed by atoms with Gasteiger partial charge in [-0.15, -0.1) is 11.3 Å². The van der Waals surface area contributed by atoms with Crippen molar-refractivity contribution in [3.8, 4) is 0 Å². The highest BCUT2D eigenvalue weighted by Crippen LogP contribution is 2.45.